The molecule has 2 aliphatic rings. The van der Waals surface area contributed by atoms with E-state index >= 15 is 0 Å². The summed E-state index contributed by atoms with van der Waals surface area (Å²) in [6.45, 7) is 5.56. The van der Waals surface area contributed by atoms with Gasteiger partial charge >= 0.3 is 0 Å². The lowest BCUT2D eigenvalue weighted by molar-refractivity contribution is -0.130. The third kappa shape index (κ3) is 7.21. The van der Waals surface area contributed by atoms with Gasteiger partial charge in [0.25, 0.3) is 0 Å². The van der Waals surface area contributed by atoms with Crippen LogP contribution in [0.3, 0.4) is 0 Å². The first-order chi connectivity index (χ1) is 15.0. The van der Waals surface area contributed by atoms with E-state index in [-0.39, 0.29) is 18.4 Å². The Morgan fingerprint density at radius 3 is 2.55 bits per heavy atom. The molecule has 2 saturated heterocycles. The van der Waals surface area contributed by atoms with E-state index in [1.54, 1.807) is 29.2 Å². The van der Waals surface area contributed by atoms with Crippen LogP contribution in [0.2, 0.25) is 10.0 Å². The van der Waals surface area contributed by atoms with Crippen molar-refractivity contribution in [2.24, 2.45) is 5.92 Å². The molecular formula is C23H31Cl2N3O3. The molecule has 0 spiro atoms. The van der Waals surface area contributed by atoms with Crippen molar-refractivity contribution in [2.75, 3.05) is 52.4 Å². The molecule has 1 aromatic carbocycles. The van der Waals surface area contributed by atoms with Crippen molar-refractivity contribution in [1.82, 2.24) is 14.7 Å². The molecule has 0 aromatic heterocycles. The average molecular weight is 468 g/mol. The highest BCUT2D eigenvalue weighted by Crippen LogP contribution is 2.23. The highest BCUT2D eigenvalue weighted by molar-refractivity contribution is 6.42. The molecule has 1 aromatic rings. The zero-order valence-electron chi connectivity index (χ0n) is 17.8. The molecular weight excluding hydrogens is 437 g/mol. The van der Waals surface area contributed by atoms with Gasteiger partial charge in [-0.2, -0.15) is 0 Å². The molecule has 0 aliphatic carbocycles. The summed E-state index contributed by atoms with van der Waals surface area (Å²) in [5.41, 5.74) is 0.804. The highest BCUT2D eigenvalue weighted by Gasteiger charge is 2.23. The van der Waals surface area contributed by atoms with E-state index < -0.39 is 0 Å². The van der Waals surface area contributed by atoms with Crippen LogP contribution in [-0.4, -0.2) is 84.0 Å². The highest BCUT2D eigenvalue weighted by atomic mass is 35.5. The Kier molecular flexibility index (Phi) is 9.20. The molecule has 0 bridgehead atoms. The van der Waals surface area contributed by atoms with E-state index in [2.05, 4.69) is 4.90 Å². The fourth-order valence-electron chi connectivity index (χ4n) is 4.09. The number of nitrogens with zero attached hydrogens (tertiary/aromatic N) is 3. The van der Waals surface area contributed by atoms with Crippen LogP contribution in [0.25, 0.3) is 6.08 Å². The third-order valence-electron chi connectivity index (χ3n) is 6.13. The van der Waals surface area contributed by atoms with Crippen molar-refractivity contribution in [3.05, 3.63) is 39.9 Å². The van der Waals surface area contributed by atoms with E-state index in [1.165, 1.54) is 6.08 Å². The third-order valence-corrected chi connectivity index (χ3v) is 6.87. The van der Waals surface area contributed by atoms with Crippen LogP contribution in [0.1, 0.15) is 31.2 Å². The summed E-state index contributed by atoms with van der Waals surface area (Å²) in [5.74, 6) is 0.452. The minimum Gasteiger partial charge on any atom is -0.396 e. The molecule has 31 heavy (non-hydrogen) atoms. The number of halogens is 2. The van der Waals surface area contributed by atoms with Crippen LogP contribution in [-0.2, 0) is 9.59 Å². The van der Waals surface area contributed by atoms with Crippen LogP contribution in [0.15, 0.2) is 24.3 Å². The Labute approximate surface area is 194 Å². The smallest absolute Gasteiger partial charge is 0.246 e. The van der Waals surface area contributed by atoms with Gasteiger partial charge in [0.2, 0.25) is 11.8 Å². The molecule has 2 heterocycles. The minimum atomic E-state index is -0.104. The summed E-state index contributed by atoms with van der Waals surface area (Å²) in [7, 11) is 0. The summed E-state index contributed by atoms with van der Waals surface area (Å²) >= 11 is 11.9. The summed E-state index contributed by atoms with van der Waals surface area (Å²) < 4.78 is 0. The lowest BCUT2D eigenvalue weighted by atomic mass is 9.98. The van der Waals surface area contributed by atoms with Gasteiger partial charge in [0.05, 0.1) is 10.0 Å². The van der Waals surface area contributed by atoms with Gasteiger partial charge in [0, 0.05) is 45.3 Å². The minimum absolute atomic E-state index is 0.104. The van der Waals surface area contributed by atoms with Crippen LogP contribution >= 0.6 is 23.2 Å². The Hall–Kier alpha value is -1.60. The van der Waals surface area contributed by atoms with Crippen molar-refractivity contribution >= 4 is 41.1 Å². The first-order valence-corrected chi connectivity index (χ1v) is 11.7. The normalized spacial score (nSPS) is 19.3. The van der Waals surface area contributed by atoms with Gasteiger partial charge < -0.3 is 19.8 Å². The van der Waals surface area contributed by atoms with Gasteiger partial charge in [-0.15, -0.1) is 0 Å². The molecule has 0 atom stereocenters. The second kappa shape index (κ2) is 11.9. The van der Waals surface area contributed by atoms with Crippen LogP contribution in [0.4, 0.5) is 0 Å². The summed E-state index contributed by atoms with van der Waals surface area (Å²) in [4.78, 5) is 31.1. The van der Waals surface area contributed by atoms with E-state index in [9.17, 15) is 14.7 Å². The Morgan fingerprint density at radius 1 is 1.06 bits per heavy atom. The summed E-state index contributed by atoms with van der Waals surface area (Å²) in [6.07, 6.45) is 6.62. The number of carbonyl (C=O) groups excluding carboxylic acids is 2. The average Bonchev–Trinajstić information content (AvgIpc) is 2.96. The maximum Gasteiger partial charge on any atom is 0.246 e. The number of piperidine rings is 1. The molecule has 0 saturated carbocycles. The quantitative estimate of drug-likeness (QED) is 0.625. The molecule has 8 heteroatoms. The van der Waals surface area contributed by atoms with Crippen LogP contribution < -0.4 is 0 Å². The van der Waals surface area contributed by atoms with Crippen molar-refractivity contribution in [3.8, 4) is 0 Å². The molecule has 6 nitrogen and oxygen atoms in total. The van der Waals surface area contributed by atoms with Crippen molar-refractivity contribution < 1.29 is 14.7 Å². The predicted octanol–water partition coefficient (Wildman–Crippen LogP) is 3.16. The van der Waals surface area contributed by atoms with Gasteiger partial charge in [0.1, 0.15) is 0 Å². The number of hydrogen-bond donors (Lipinski definition) is 1. The Morgan fingerprint density at radius 2 is 1.84 bits per heavy atom. The zero-order valence-corrected chi connectivity index (χ0v) is 19.3. The first kappa shape index (κ1) is 24.1. The second-order valence-electron chi connectivity index (χ2n) is 8.28. The Balaban J connectivity index is 1.43. The number of benzene rings is 1. The number of aliphatic hydroxyl groups is 1. The fraction of sp³-hybridized carbons (Fsp3) is 0.565. The molecule has 2 fully saturated rings. The van der Waals surface area contributed by atoms with E-state index in [1.807, 2.05) is 4.90 Å². The SMILES string of the molecule is O=C(/C=C/c1ccc(Cl)c(Cl)c1)N1CCC(=O)N(CCCN2CCC(CO)CC2)CC1. The number of carbonyl (C=O) groups is 2. The van der Waals surface area contributed by atoms with Crippen LogP contribution in [0, 0.1) is 5.92 Å². The number of likely N-dealkylation sites (tertiary alicyclic amines) is 1. The molecule has 2 amide bonds. The van der Waals surface area contributed by atoms with E-state index in [0.717, 1.165) is 51.0 Å². The molecule has 170 valence electrons. The molecule has 2 aliphatic heterocycles. The lowest BCUT2D eigenvalue weighted by Gasteiger charge is -2.31. The van der Waals surface area contributed by atoms with Crippen molar-refractivity contribution in [1.29, 1.82) is 0 Å². The van der Waals surface area contributed by atoms with E-state index in [4.69, 9.17) is 23.2 Å². The number of rotatable bonds is 7. The molecule has 1 N–H and O–H groups in total. The maximum atomic E-state index is 12.6. The number of hydrogen-bond acceptors (Lipinski definition) is 4. The van der Waals surface area contributed by atoms with Gasteiger partial charge in [-0.05, 0) is 68.6 Å². The van der Waals surface area contributed by atoms with Crippen molar-refractivity contribution in [2.45, 2.75) is 25.7 Å². The topological polar surface area (TPSA) is 64.1 Å². The second-order valence-corrected chi connectivity index (χ2v) is 9.10. The monoisotopic (exact) mass is 467 g/mol. The zero-order chi connectivity index (χ0) is 22.2. The van der Waals surface area contributed by atoms with Gasteiger partial charge in [0.15, 0.2) is 0 Å². The van der Waals surface area contributed by atoms with Gasteiger partial charge in [-0.1, -0.05) is 29.3 Å². The maximum absolute atomic E-state index is 12.6. The summed E-state index contributed by atoms with van der Waals surface area (Å²) in [5, 5.41) is 10.2. The fourth-order valence-corrected chi connectivity index (χ4v) is 4.40. The standard InChI is InChI=1S/C23H31Cl2N3O3/c24-20-4-2-18(16-21(20)25)3-5-22(30)28-13-8-23(31)27(14-15-28)10-1-9-26-11-6-19(17-29)7-12-26/h2-5,16,19,29H,1,6-15,17H2/b5-3+. The van der Waals surface area contributed by atoms with Crippen molar-refractivity contribution in [3.63, 3.8) is 0 Å². The lowest BCUT2D eigenvalue weighted by Crippen LogP contribution is -2.39. The number of amides is 2. The largest absolute Gasteiger partial charge is 0.396 e. The molecule has 0 unspecified atom stereocenters. The van der Waals surface area contributed by atoms with Gasteiger partial charge in [-0.3, -0.25) is 9.59 Å². The summed E-state index contributed by atoms with van der Waals surface area (Å²) in [6, 6.07) is 5.22. The molecule has 3 rings (SSSR count). The van der Waals surface area contributed by atoms with E-state index in [0.29, 0.717) is 42.0 Å². The molecule has 0 radical (unpaired) electrons. The number of aliphatic hydroxyl groups excluding tert-OH is 1. The van der Waals surface area contributed by atoms with Crippen LogP contribution in [0.5, 0.6) is 0 Å². The predicted molar refractivity (Wildman–Crippen MR) is 124 cm³/mol. The Bertz CT molecular complexity index is 794. The first-order valence-electron chi connectivity index (χ1n) is 11.0. The van der Waals surface area contributed by atoms with Gasteiger partial charge in [-0.25, -0.2) is 0 Å².